The van der Waals surface area contributed by atoms with E-state index in [1.165, 1.54) is 5.56 Å². The van der Waals surface area contributed by atoms with Crippen LogP contribution in [0.1, 0.15) is 38.3 Å². The number of carbonyl (C=O) groups excluding carboxylic acids is 2. The lowest BCUT2D eigenvalue weighted by molar-refractivity contribution is -0.140. The van der Waals surface area contributed by atoms with Gasteiger partial charge in [-0.1, -0.05) is 42.5 Å². The number of benzene rings is 2. The molecule has 0 saturated heterocycles. The quantitative estimate of drug-likeness (QED) is 0.543. The van der Waals surface area contributed by atoms with Gasteiger partial charge in [-0.05, 0) is 44.0 Å². The Labute approximate surface area is 184 Å². The first-order chi connectivity index (χ1) is 14.4. The Bertz CT molecular complexity index is 794. The van der Waals surface area contributed by atoms with Crippen molar-refractivity contribution in [1.29, 1.82) is 0 Å². The molecule has 0 aromatic heterocycles. The van der Waals surface area contributed by atoms with Gasteiger partial charge in [0, 0.05) is 30.5 Å². The van der Waals surface area contributed by atoms with E-state index >= 15 is 0 Å². The molecule has 0 aliphatic heterocycles. The molecule has 0 radical (unpaired) electrons. The minimum absolute atomic E-state index is 0.0159. The molecule has 5 nitrogen and oxygen atoms in total. The molecule has 0 aliphatic rings. The first-order valence-corrected chi connectivity index (χ1v) is 11.4. The molecule has 0 heterocycles. The minimum Gasteiger partial charge on any atom is -0.497 e. The monoisotopic (exact) mass is 428 g/mol. The third-order valence-electron chi connectivity index (χ3n) is 4.68. The summed E-state index contributed by atoms with van der Waals surface area (Å²) >= 11 is 1.73. The van der Waals surface area contributed by atoms with Gasteiger partial charge in [0.05, 0.1) is 7.11 Å². The molecule has 2 amide bonds. The summed E-state index contributed by atoms with van der Waals surface area (Å²) in [6.07, 6.45) is 0.396. The van der Waals surface area contributed by atoms with Crippen molar-refractivity contribution in [2.75, 3.05) is 12.9 Å². The lowest BCUT2D eigenvalue weighted by Gasteiger charge is -2.29. The fourth-order valence-corrected chi connectivity index (χ4v) is 3.87. The molecule has 6 heteroatoms. The van der Waals surface area contributed by atoms with Crippen LogP contribution in [-0.4, -0.2) is 41.7 Å². The number of hydrogen-bond acceptors (Lipinski definition) is 4. The summed E-state index contributed by atoms with van der Waals surface area (Å²) in [5.41, 5.74) is 2.21. The highest BCUT2D eigenvalue weighted by molar-refractivity contribution is 7.98. The Balaban J connectivity index is 2.00. The fraction of sp³-hybridized carbons (Fsp3) is 0.417. The molecule has 2 aromatic rings. The Morgan fingerprint density at radius 2 is 1.67 bits per heavy atom. The van der Waals surface area contributed by atoms with E-state index in [1.54, 1.807) is 30.7 Å². The van der Waals surface area contributed by atoms with Gasteiger partial charge in [-0.15, -0.1) is 0 Å². The van der Waals surface area contributed by atoms with Gasteiger partial charge in [0.25, 0.3) is 0 Å². The highest BCUT2D eigenvalue weighted by atomic mass is 32.2. The van der Waals surface area contributed by atoms with Gasteiger partial charge in [0.2, 0.25) is 11.8 Å². The molecular weight excluding hydrogens is 396 g/mol. The van der Waals surface area contributed by atoms with Gasteiger partial charge in [0.1, 0.15) is 11.8 Å². The standard InChI is InChI=1S/C24H32N2O3S/c1-18(2)25-24(28)19(3)26(16-20-10-12-22(29-4)13-11-20)23(27)14-15-30-17-21-8-6-5-7-9-21/h5-13,18-19H,14-17H2,1-4H3,(H,25,28)/t19-/m1/s1. The average Bonchev–Trinajstić information content (AvgIpc) is 2.75. The van der Waals surface area contributed by atoms with Crippen molar-refractivity contribution in [2.24, 2.45) is 0 Å². The second-order valence-corrected chi connectivity index (χ2v) is 8.60. The highest BCUT2D eigenvalue weighted by Crippen LogP contribution is 2.18. The van der Waals surface area contributed by atoms with Crippen LogP contribution >= 0.6 is 11.8 Å². The van der Waals surface area contributed by atoms with Crippen LogP contribution in [0, 0.1) is 0 Å². The first kappa shape index (κ1) is 23.8. The zero-order chi connectivity index (χ0) is 21.9. The zero-order valence-corrected chi connectivity index (χ0v) is 19.1. The van der Waals surface area contributed by atoms with Gasteiger partial charge >= 0.3 is 0 Å². The van der Waals surface area contributed by atoms with E-state index in [4.69, 9.17) is 4.74 Å². The number of thioether (sulfide) groups is 1. The highest BCUT2D eigenvalue weighted by Gasteiger charge is 2.26. The van der Waals surface area contributed by atoms with E-state index in [9.17, 15) is 9.59 Å². The second-order valence-electron chi connectivity index (χ2n) is 7.50. The maximum atomic E-state index is 13.0. The molecule has 30 heavy (non-hydrogen) atoms. The van der Waals surface area contributed by atoms with Gasteiger partial charge in [-0.25, -0.2) is 0 Å². The predicted molar refractivity (Wildman–Crippen MR) is 124 cm³/mol. The van der Waals surface area contributed by atoms with Gasteiger partial charge < -0.3 is 15.0 Å². The van der Waals surface area contributed by atoms with Crippen LogP contribution in [0.4, 0.5) is 0 Å². The van der Waals surface area contributed by atoms with E-state index in [2.05, 4.69) is 17.4 Å². The summed E-state index contributed by atoms with van der Waals surface area (Å²) in [6.45, 7) is 6.01. The Morgan fingerprint density at radius 1 is 1.00 bits per heavy atom. The van der Waals surface area contributed by atoms with Crippen LogP contribution in [-0.2, 0) is 21.9 Å². The minimum atomic E-state index is -0.541. The maximum absolute atomic E-state index is 13.0. The summed E-state index contributed by atoms with van der Waals surface area (Å²) < 4.78 is 5.21. The van der Waals surface area contributed by atoms with E-state index in [0.717, 1.165) is 17.1 Å². The van der Waals surface area contributed by atoms with E-state index in [-0.39, 0.29) is 17.9 Å². The Hall–Kier alpha value is -2.47. The third-order valence-corrected chi connectivity index (χ3v) is 5.71. The topological polar surface area (TPSA) is 58.6 Å². The molecule has 162 valence electrons. The number of ether oxygens (including phenoxy) is 1. The summed E-state index contributed by atoms with van der Waals surface area (Å²) in [5, 5.41) is 2.91. The van der Waals surface area contributed by atoms with E-state index < -0.39 is 6.04 Å². The molecule has 0 fully saturated rings. The number of nitrogens with one attached hydrogen (secondary N) is 1. The number of carbonyl (C=O) groups is 2. The number of rotatable bonds is 11. The SMILES string of the molecule is COc1ccc(CN(C(=O)CCSCc2ccccc2)[C@H](C)C(=O)NC(C)C)cc1. The van der Waals surface area contributed by atoms with Crippen molar-refractivity contribution in [3.05, 3.63) is 65.7 Å². The number of nitrogens with zero attached hydrogens (tertiary/aromatic N) is 1. The van der Waals surface area contributed by atoms with Crippen molar-refractivity contribution in [2.45, 2.75) is 51.6 Å². The van der Waals surface area contributed by atoms with Crippen LogP contribution in [0.15, 0.2) is 54.6 Å². The molecule has 0 unspecified atom stereocenters. The average molecular weight is 429 g/mol. The molecule has 2 aromatic carbocycles. The number of hydrogen-bond donors (Lipinski definition) is 1. The maximum Gasteiger partial charge on any atom is 0.242 e. The summed E-state index contributed by atoms with van der Waals surface area (Å²) in [4.78, 5) is 27.3. The molecule has 2 rings (SSSR count). The van der Waals surface area contributed by atoms with Gasteiger partial charge in [-0.3, -0.25) is 9.59 Å². The van der Waals surface area contributed by atoms with Crippen molar-refractivity contribution in [3.63, 3.8) is 0 Å². The Kier molecular flexibility index (Phi) is 9.74. The van der Waals surface area contributed by atoms with E-state index in [0.29, 0.717) is 18.7 Å². The molecular formula is C24H32N2O3S. The lowest BCUT2D eigenvalue weighted by atomic mass is 10.1. The molecule has 0 bridgehead atoms. The molecule has 0 spiro atoms. The van der Waals surface area contributed by atoms with Crippen molar-refractivity contribution >= 4 is 23.6 Å². The lowest BCUT2D eigenvalue weighted by Crippen LogP contribution is -2.49. The smallest absolute Gasteiger partial charge is 0.242 e. The first-order valence-electron chi connectivity index (χ1n) is 10.2. The number of amides is 2. The van der Waals surface area contributed by atoms with Crippen LogP contribution in [0.5, 0.6) is 5.75 Å². The third kappa shape index (κ3) is 7.75. The Morgan fingerprint density at radius 3 is 2.27 bits per heavy atom. The van der Waals surface area contributed by atoms with Gasteiger partial charge in [-0.2, -0.15) is 11.8 Å². The molecule has 1 N–H and O–H groups in total. The molecule has 0 aliphatic carbocycles. The summed E-state index contributed by atoms with van der Waals surface area (Å²) in [5.74, 6) is 2.20. The van der Waals surface area contributed by atoms with Crippen LogP contribution in [0.2, 0.25) is 0 Å². The van der Waals surface area contributed by atoms with Crippen molar-refractivity contribution in [1.82, 2.24) is 10.2 Å². The fourth-order valence-electron chi connectivity index (χ4n) is 2.98. The summed E-state index contributed by atoms with van der Waals surface area (Å²) in [6, 6.07) is 17.3. The van der Waals surface area contributed by atoms with Crippen molar-refractivity contribution in [3.8, 4) is 5.75 Å². The number of methoxy groups -OCH3 is 1. The van der Waals surface area contributed by atoms with Gasteiger partial charge in [0.15, 0.2) is 0 Å². The zero-order valence-electron chi connectivity index (χ0n) is 18.3. The van der Waals surface area contributed by atoms with E-state index in [1.807, 2.05) is 56.3 Å². The molecule has 0 saturated carbocycles. The second kappa shape index (κ2) is 12.3. The predicted octanol–water partition coefficient (Wildman–Crippen LogP) is 4.26. The van der Waals surface area contributed by atoms with Crippen molar-refractivity contribution < 1.29 is 14.3 Å². The van der Waals surface area contributed by atoms with Crippen LogP contribution < -0.4 is 10.1 Å². The van der Waals surface area contributed by atoms with Crippen LogP contribution in [0.25, 0.3) is 0 Å². The summed E-state index contributed by atoms with van der Waals surface area (Å²) in [7, 11) is 1.62. The largest absolute Gasteiger partial charge is 0.497 e. The molecule has 1 atom stereocenters. The van der Waals surface area contributed by atoms with Crippen LogP contribution in [0.3, 0.4) is 0 Å². The normalized spacial score (nSPS) is 11.8.